The van der Waals surface area contributed by atoms with Crippen LogP contribution in [0.25, 0.3) is 10.6 Å². The zero-order chi connectivity index (χ0) is 34.4. The predicted octanol–water partition coefficient (Wildman–Crippen LogP) is 9.45. The van der Waals surface area contributed by atoms with Gasteiger partial charge in [-0.25, -0.2) is 9.59 Å². The Labute approximate surface area is 283 Å². The van der Waals surface area contributed by atoms with Gasteiger partial charge in [-0.3, -0.25) is 20.2 Å². The first-order valence-electron chi connectivity index (χ1n) is 13.0. The third-order valence-corrected chi connectivity index (χ3v) is 6.99. The van der Waals surface area contributed by atoms with Crippen molar-refractivity contribution in [2.75, 3.05) is 10.6 Å². The van der Waals surface area contributed by atoms with Crippen molar-refractivity contribution in [1.29, 1.82) is 0 Å². The van der Waals surface area contributed by atoms with Gasteiger partial charge in [0.1, 0.15) is 0 Å². The van der Waals surface area contributed by atoms with Crippen LogP contribution < -0.4 is 10.6 Å². The quantitative estimate of drug-likeness (QED) is 0.220. The minimum atomic E-state index is -4.93. The first kappa shape index (κ1) is 39.4. The van der Waals surface area contributed by atoms with E-state index in [2.05, 4.69) is 21.3 Å². The van der Waals surface area contributed by atoms with Crippen LogP contribution >= 0.6 is 23.5 Å². The number of hydrogen-bond acceptors (Lipinski definition) is 8. The van der Waals surface area contributed by atoms with Crippen molar-refractivity contribution < 1.29 is 71.8 Å². The largest absolute Gasteiger partial charge is 2.00 e. The second kappa shape index (κ2) is 16.3. The molecule has 2 aliphatic heterocycles. The molecule has 2 N–H and O–H groups in total. The summed E-state index contributed by atoms with van der Waals surface area (Å²) in [5.74, 6) is -3.93. The molecule has 0 atom stereocenters. The number of fused-ring (bicyclic) bond motifs is 2. The zero-order valence-electron chi connectivity index (χ0n) is 24.5. The molecule has 0 bridgehead atoms. The molecule has 47 heavy (non-hydrogen) atoms. The van der Waals surface area contributed by atoms with Crippen LogP contribution in [0.2, 0.25) is 0 Å². The van der Waals surface area contributed by atoms with Crippen molar-refractivity contribution in [2.45, 2.75) is 62.0 Å². The van der Waals surface area contributed by atoms with Gasteiger partial charge in [0, 0.05) is 11.4 Å². The fourth-order valence-corrected chi connectivity index (χ4v) is 5.15. The summed E-state index contributed by atoms with van der Waals surface area (Å²) in [4.78, 5) is 45.9. The first-order chi connectivity index (χ1) is 21.3. The summed E-state index contributed by atoms with van der Waals surface area (Å²) in [6.07, 6.45) is -10.8. The summed E-state index contributed by atoms with van der Waals surface area (Å²) < 4.78 is 83.3. The average Bonchev–Trinajstić information content (AvgIpc) is 3.49. The summed E-state index contributed by atoms with van der Waals surface area (Å²) >= 11 is 1.83. The van der Waals surface area contributed by atoms with Gasteiger partial charge in [-0.05, 0) is 73.9 Å². The molecule has 0 saturated carbocycles. The van der Waals surface area contributed by atoms with E-state index in [9.17, 15) is 45.5 Å². The van der Waals surface area contributed by atoms with Crippen LogP contribution in [-0.4, -0.2) is 48.3 Å². The Morgan fingerprint density at radius 2 is 1.02 bits per heavy atom. The van der Waals surface area contributed by atoms with Gasteiger partial charge in [0.25, 0.3) is 11.6 Å². The molecule has 255 valence electrons. The third-order valence-electron chi connectivity index (χ3n) is 5.06. The van der Waals surface area contributed by atoms with E-state index in [0.717, 1.165) is 23.5 Å². The minimum absolute atomic E-state index is 0. The molecular weight excluding hydrogens is 725 g/mol. The van der Waals surface area contributed by atoms with Gasteiger partial charge in [0.15, 0.2) is 0 Å². The maximum Gasteiger partial charge on any atom is 2.00 e. The molecule has 0 fully saturated rings. The minimum Gasteiger partial charge on any atom is -0.651 e. The zero-order valence-corrected chi connectivity index (χ0v) is 27.2. The van der Waals surface area contributed by atoms with E-state index in [1.54, 1.807) is 52.0 Å². The van der Waals surface area contributed by atoms with Crippen molar-refractivity contribution >= 4 is 70.0 Å². The van der Waals surface area contributed by atoms with Crippen LogP contribution in [0.4, 0.5) is 58.7 Å². The van der Waals surface area contributed by atoms with E-state index in [4.69, 9.17) is 9.47 Å². The molecule has 2 aromatic carbocycles. The van der Waals surface area contributed by atoms with Gasteiger partial charge in [-0.1, -0.05) is 22.2 Å². The van der Waals surface area contributed by atoms with Crippen molar-refractivity contribution in [2.24, 2.45) is 0 Å². The number of ketones is 2. The van der Waals surface area contributed by atoms with Gasteiger partial charge in [0.05, 0.1) is 12.2 Å². The second-order valence-corrected chi connectivity index (χ2v) is 11.8. The van der Waals surface area contributed by atoms with E-state index < -0.39 is 36.1 Å². The van der Waals surface area contributed by atoms with E-state index in [0.29, 0.717) is 44.7 Å². The molecule has 0 unspecified atom stereocenters. The van der Waals surface area contributed by atoms with Crippen molar-refractivity contribution in [3.8, 4) is 0 Å². The first-order valence-corrected chi connectivity index (χ1v) is 14.6. The third kappa shape index (κ3) is 12.4. The Balaban J connectivity index is 0.000000320. The number of carbonyl (C=O) groups excluding carboxylic acids is 4. The molecule has 10 nitrogen and oxygen atoms in total. The van der Waals surface area contributed by atoms with Crippen LogP contribution in [-0.2, 0) is 35.8 Å². The molecule has 0 spiro atoms. The number of halogens is 6. The number of nitrogens with one attached hydrogen (secondary N) is 2. The monoisotopic (exact) mass is 749 g/mol. The fourth-order valence-electron chi connectivity index (χ4n) is 3.27. The van der Waals surface area contributed by atoms with E-state index in [1.165, 1.54) is 12.1 Å². The number of carbonyl (C=O) groups is 4. The number of allylic oxidation sites excluding steroid dienone is 2. The molecule has 2 aromatic rings. The van der Waals surface area contributed by atoms with E-state index >= 15 is 0 Å². The maximum absolute atomic E-state index is 12.2. The number of ether oxygens (including phenoxy) is 2. The van der Waals surface area contributed by atoms with E-state index in [-0.39, 0.29) is 39.0 Å². The molecule has 1 radical (unpaired) electrons. The summed E-state index contributed by atoms with van der Waals surface area (Å²) in [7, 11) is 0. The Bertz CT molecular complexity index is 1470. The number of amides is 2. The number of nitrogens with zero attached hydrogens (tertiary/aromatic N) is 2. The second-order valence-electron chi connectivity index (χ2n) is 9.64. The molecule has 2 amide bonds. The van der Waals surface area contributed by atoms with E-state index in [1.807, 2.05) is 0 Å². The molecule has 0 aromatic heterocycles. The smallest absolute Gasteiger partial charge is 0.651 e. The van der Waals surface area contributed by atoms with Gasteiger partial charge < -0.3 is 20.1 Å². The Hall–Kier alpha value is -3.81. The molecule has 19 heteroatoms. The summed E-state index contributed by atoms with van der Waals surface area (Å²) in [6, 6.07) is 9.24. The summed E-state index contributed by atoms with van der Waals surface area (Å²) in [5, 5.41) is 12.8. The average molecular weight is 750 g/mol. The normalized spacial score (nSPS) is 15.0. The number of thioether (sulfide) groups is 2. The summed E-state index contributed by atoms with van der Waals surface area (Å²) in [5.41, 5.74) is 1.69. The predicted molar refractivity (Wildman–Crippen MR) is 159 cm³/mol. The van der Waals surface area contributed by atoms with Gasteiger partial charge in [-0.15, -0.1) is 34.9 Å². The molecule has 4 rings (SSSR count). The van der Waals surface area contributed by atoms with Crippen molar-refractivity contribution in [3.63, 3.8) is 0 Å². The Morgan fingerprint density at radius 3 is 1.32 bits per heavy atom. The van der Waals surface area contributed by atoms with Gasteiger partial charge in [-0.2, -0.15) is 26.3 Å². The maximum atomic E-state index is 12.2. The molecule has 2 aliphatic rings. The van der Waals surface area contributed by atoms with Crippen LogP contribution in [0.1, 0.15) is 27.7 Å². The number of benzene rings is 2. The topological polar surface area (TPSA) is 139 Å². The van der Waals surface area contributed by atoms with Crippen LogP contribution in [0.15, 0.2) is 68.4 Å². The van der Waals surface area contributed by atoms with Crippen molar-refractivity contribution in [1.82, 2.24) is 0 Å². The fraction of sp³-hybridized carbons (Fsp3) is 0.286. The number of anilines is 2. The Morgan fingerprint density at radius 1 is 0.681 bits per heavy atom. The van der Waals surface area contributed by atoms with Crippen LogP contribution in [0, 0.1) is 0 Å². The van der Waals surface area contributed by atoms with Crippen LogP contribution in [0.5, 0.6) is 0 Å². The number of alkyl halides is 6. The summed E-state index contributed by atoms with van der Waals surface area (Å²) in [6.45, 7) is 6.80. The SMILES string of the molecule is CC(C)OC(=O)Nc1ccc2c(c1)S/C(=C/C(=O)C(F)(F)F)[N-]2.CC(C)OC(=O)Nc1ccc2c(c1)S/C(=C/C(=O)C(F)(F)F)[N-]2.[Co+2]. The molecule has 2 heterocycles. The molecule has 0 saturated heterocycles. The van der Waals surface area contributed by atoms with Crippen LogP contribution in [0.3, 0.4) is 0 Å². The Kier molecular flexibility index (Phi) is 13.7. The van der Waals surface area contributed by atoms with Gasteiger partial charge in [0.2, 0.25) is 0 Å². The number of rotatable bonds is 6. The van der Waals surface area contributed by atoms with Crippen molar-refractivity contribution in [3.05, 3.63) is 69.2 Å². The molecular formula is C28H24CoF6N4O6S2. The standard InChI is InChI=1S/2C14H13F3N2O3S.Co/c2*1-7(2)22-13(21)18-8-3-4-9-10(5-8)23-12(19-9)6-11(20)14(15,16)17;/h2*3-7H,1-2H3,(H2,18,19,20,21);/q;;+2/p-2. The van der Waals surface area contributed by atoms with Gasteiger partial charge >= 0.3 is 41.3 Å². The molecule has 0 aliphatic carbocycles. The number of hydrogen-bond donors (Lipinski definition) is 2.